The van der Waals surface area contributed by atoms with Gasteiger partial charge in [-0.1, -0.05) is 54.1 Å². The SMILES string of the molecule is CN(C)C1CN(c2nc(N3CC4CCC(C3)N4C(=O)OC(C)(C)C)c3cc(Cl)c(C4=CC=Cc5ccccc5C4)c(F)c3n2)C1. The molecule has 2 aromatic carbocycles. The number of fused-ring (bicyclic) bond motifs is 4. The van der Waals surface area contributed by atoms with Crippen molar-refractivity contribution in [1.29, 1.82) is 0 Å². The molecule has 236 valence electrons. The Labute approximate surface area is 269 Å². The molecule has 45 heavy (non-hydrogen) atoms. The molecule has 7 rings (SSSR count). The van der Waals surface area contributed by atoms with Crippen LogP contribution in [-0.2, 0) is 11.2 Å². The van der Waals surface area contributed by atoms with E-state index in [-0.39, 0.29) is 23.7 Å². The number of hydrogen-bond acceptors (Lipinski definition) is 7. The van der Waals surface area contributed by atoms with Crippen molar-refractivity contribution in [3.8, 4) is 0 Å². The normalized spacial score (nSPS) is 21.6. The molecular weight excluding hydrogens is 591 g/mol. The van der Waals surface area contributed by atoms with Gasteiger partial charge in [0.2, 0.25) is 5.95 Å². The summed E-state index contributed by atoms with van der Waals surface area (Å²) in [6.07, 6.45) is 8.00. The van der Waals surface area contributed by atoms with E-state index in [9.17, 15) is 4.79 Å². The van der Waals surface area contributed by atoms with Gasteiger partial charge in [-0.15, -0.1) is 0 Å². The van der Waals surface area contributed by atoms with Gasteiger partial charge < -0.3 is 19.4 Å². The average Bonchev–Trinajstić information content (AvgIpc) is 3.08. The van der Waals surface area contributed by atoms with E-state index in [0.29, 0.717) is 53.3 Å². The third-order valence-corrected chi connectivity index (χ3v) is 9.74. The van der Waals surface area contributed by atoms with Crippen molar-refractivity contribution >= 4 is 52.0 Å². The lowest BCUT2D eigenvalue weighted by Crippen LogP contribution is -2.58. The highest BCUT2D eigenvalue weighted by molar-refractivity contribution is 6.33. The highest BCUT2D eigenvalue weighted by Crippen LogP contribution is 2.41. The number of ether oxygens (including phenoxy) is 1. The molecule has 2 unspecified atom stereocenters. The Morgan fingerprint density at radius 3 is 2.44 bits per heavy atom. The molecule has 0 saturated carbocycles. The predicted octanol–water partition coefficient (Wildman–Crippen LogP) is 6.41. The first-order chi connectivity index (χ1) is 21.5. The Hall–Kier alpha value is -3.69. The van der Waals surface area contributed by atoms with Gasteiger partial charge in [0.1, 0.15) is 16.9 Å². The Morgan fingerprint density at radius 1 is 1.04 bits per heavy atom. The molecule has 1 amide bonds. The van der Waals surface area contributed by atoms with Crippen LogP contribution in [0.5, 0.6) is 0 Å². The molecule has 1 aliphatic carbocycles. The highest BCUT2D eigenvalue weighted by atomic mass is 35.5. The maximum Gasteiger partial charge on any atom is 0.410 e. The Bertz CT molecular complexity index is 1710. The van der Waals surface area contributed by atoms with Crippen LogP contribution in [0, 0.1) is 5.82 Å². The van der Waals surface area contributed by atoms with E-state index in [2.05, 4.69) is 40.9 Å². The number of halogens is 2. The molecule has 3 aliphatic heterocycles. The van der Waals surface area contributed by atoms with Gasteiger partial charge in [-0.3, -0.25) is 4.90 Å². The fraction of sp³-hybridized carbons (Fsp3) is 0.457. The molecule has 1 aromatic heterocycles. The van der Waals surface area contributed by atoms with Gasteiger partial charge in [-0.25, -0.2) is 14.2 Å². The minimum Gasteiger partial charge on any atom is -0.444 e. The van der Waals surface area contributed by atoms with Crippen LogP contribution in [-0.4, -0.2) is 89.9 Å². The quantitative estimate of drug-likeness (QED) is 0.330. The second-order valence-corrected chi connectivity index (χ2v) is 14.3. The first-order valence-electron chi connectivity index (χ1n) is 15.8. The van der Waals surface area contributed by atoms with Crippen LogP contribution in [0.1, 0.15) is 50.3 Å². The van der Waals surface area contributed by atoms with Gasteiger partial charge in [0, 0.05) is 43.2 Å². The lowest BCUT2D eigenvalue weighted by Gasteiger charge is -2.44. The maximum atomic E-state index is 16.9. The van der Waals surface area contributed by atoms with Gasteiger partial charge in [-0.05, 0) is 76.9 Å². The zero-order valence-corrected chi connectivity index (χ0v) is 27.3. The van der Waals surface area contributed by atoms with E-state index in [1.54, 1.807) is 0 Å². The van der Waals surface area contributed by atoms with Crippen LogP contribution < -0.4 is 9.80 Å². The number of anilines is 2. The number of piperazine rings is 1. The Kier molecular flexibility index (Phi) is 7.52. The highest BCUT2D eigenvalue weighted by Gasteiger charge is 2.45. The number of hydrogen-bond donors (Lipinski definition) is 0. The van der Waals surface area contributed by atoms with Gasteiger partial charge in [0.25, 0.3) is 0 Å². The van der Waals surface area contributed by atoms with Gasteiger partial charge in [0.15, 0.2) is 5.82 Å². The van der Waals surface area contributed by atoms with Crippen molar-refractivity contribution in [3.05, 3.63) is 70.0 Å². The van der Waals surface area contributed by atoms with Crippen LogP contribution in [0.2, 0.25) is 5.02 Å². The van der Waals surface area contributed by atoms with Crippen LogP contribution in [0.3, 0.4) is 0 Å². The molecule has 2 bridgehead atoms. The van der Waals surface area contributed by atoms with Crippen LogP contribution in [0.25, 0.3) is 22.6 Å². The molecule has 8 nitrogen and oxygen atoms in total. The zero-order valence-electron chi connectivity index (χ0n) is 26.6. The second kappa shape index (κ2) is 11.3. The van der Waals surface area contributed by atoms with Gasteiger partial charge in [0.05, 0.1) is 17.1 Å². The topological polar surface area (TPSA) is 65.0 Å². The summed E-state index contributed by atoms with van der Waals surface area (Å²) < 4.78 is 22.6. The van der Waals surface area contributed by atoms with E-state index < -0.39 is 11.4 Å². The van der Waals surface area contributed by atoms with E-state index in [1.165, 1.54) is 0 Å². The van der Waals surface area contributed by atoms with E-state index >= 15 is 4.39 Å². The predicted molar refractivity (Wildman–Crippen MR) is 178 cm³/mol. The number of rotatable bonds is 4. The molecule has 0 radical (unpaired) electrons. The van der Waals surface area contributed by atoms with Crippen molar-refractivity contribution in [3.63, 3.8) is 0 Å². The molecule has 3 saturated heterocycles. The number of aromatic nitrogens is 2. The van der Waals surface area contributed by atoms with E-state index in [4.69, 9.17) is 26.3 Å². The number of carbonyl (C=O) groups is 1. The van der Waals surface area contributed by atoms with E-state index in [1.807, 2.05) is 62.1 Å². The molecule has 2 atom stereocenters. The largest absolute Gasteiger partial charge is 0.444 e. The monoisotopic (exact) mass is 630 g/mol. The van der Waals surface area contributed by atoms with Crippen molar-refractivity contribution in [2.75, 3.05) is 50.1 Å². The summed E-state index contributed by atoms with van der Waals surface area (Å²) in [6.45, 7) is 8.36. The summed E-state index contributed by atoms with van der Waals surface area (Å²) in [6, 6.07) is 10.3. The fourth-order valence-electron chi connectivity index (χ4n) is 7.04. The molecule has 3 aromatic rings. The summed E-state index contributed by atoms with van der Waals surface area (Å²) in [5, 5.41) is 0.925. The summed E-state index contributed by atoms with van der Waals surface area (Å²) in [4.78, 5) is 31.5. The summed E-state index contributed by atoms with van der Waals surface area (Å²) in [5.74, 6) is 0.753. The van der Waals surface area contributed by atoms with Crippen LogP contribution in [0.15, 0.2) is 42.5 Å². The molecule has 4 heterocycles. The number of nitrogens with zero attached hydrogens (tertiary/aromatic N) is 6. The second-order valence-electron chi connectivity index (χ2n) is 13.9. The van der Waals surface area contributed by atoms with Crippen molar-refractivity contribution in [2.24, 2.45) is 0 Å². The number of benzene rings is 2. The molecule has 3 fully saturated rings. The number of amides is 1. The number of allylic oxidation sites excluding steroid dienone is 3. The van der Waals surface area contributed by atoms with E-state index in [0.717, 1.165) is 42.6 Å². The maximum absolute atomic E-state index is 16.9. The first kappa shape index (κ1) is 30.0. The first-order valence-corrected chi connectivity index (χ1v) is 16.2. The number of carbonyl (C=O) groups excluding carboxylic acids is 1. The molecule has 10 heteroatoms. The zero-order chi connectivity index (χ0) is 31.6. The summed E-state index contributed by atoms with van der Waals surface area (Å²) in [7, 11) is 4.13. The van der Waals surface area contributed by atoms with Crippen LogP contribution >= 0.6 is 11.6 Å². The lowest BCUT2D eigenvalue weighted by molar-refractivity contribution is 0.0123. The molecule has 0 N–H and O–H groups in total. The number of likely N-dealkylation sites (N-methyl/N-ethyl adjacent to an activating group) is 1. The minimum absolute atomic E-state index is 0.0169. The smallest absolute Gasteiger partial charge is 0.410 e. The molecular formula is C35H40ClFN6O2. The summed E-state index contributed by atoms with van der Waals surface area (Å²) >= 11 is 6.96. The Balaban J connectivity index is 1.29. The van der Waals surface area contributed by atoms with Crippen molar-refractivity contribution < 1.29 is 13.9 Å². The third kappa shape index (κ3) is 5.54. The average molecular weight is 631 g/mol. The lowest BCUT2D eigenvalue weighted by atomic mass is 9.95. The minimum atomic E-state index is -0.566. The molecule has 4 aliphatic rings. The molecule has 0 spiro atoms. The van der Waals surface area contributed by atoms with Gasteiger partial charge in [-0.2, -0.15) is 4.98 Å². The fourth-order valence-corrected chi connectivity index (χ4v) is 7.35. The standard InChI is InChI=1S/C35H40ClFN6O2/c1-35(2,3)45-34(44)43-24-13-14-25(43)18-41(17-24)32-27-16-28(36)29(23-12-8-11-21-9-6-7-10-22(21)15-23)30(37)31(27)38-33(39-32)42-19-26(20-42)40(4)5/h6-12,16,24-26H,13-15,17-20H2,1-5H3. The Morgan fingerprint density at radius 2 is 1.76 bits per heavy atom. The van der Waals surface area contributed by atoms with Crippen molar-refractivity contribution in [1.82, 2.24) is 19.8 Å². The van der Waals surface area contributed by atoms with Gasteiger partial charge >= 0.3 is 6.09 Å². The third-order valence-electron chi connectivity index (χ3n) is 9.44. The summed E-state index contributed by atoms with van der Waals surface area (Å²) in [5.41, 5.74) is 3.12. The van der Waals surface area contributed by atoms with Crippen molar-refractivity contribution in [2.45, 2.75) is 63.8 Å². The van der Waals surface area contributed by atoms with Crippen LogP contribution in [0.4, 0.5) is 21.0 Å².